The second-order valence-corrected chi connectivity index (χ2v) is 7.41. The number of aromatic amines is 1. The van der Waals surface area contributed by atoms with E-state index in [1.807, 2.05) is 6.92 Å². The highest BCUT2D eigenvalue weighted by atomic mass is 15.1. The molecule has 0 saturated heterocycles. The largest absolute Gasteiger partial charge is 0.323 e. The molecule has 4 aliphatic carbocycles. The summed E-state index contributed by atoms with van der Waals surface area (Å²) in [7, 11) is 0. The summed E-state index contributed by atoms with van der Waals surface area (Å²) in [6, 6.07) is 2.24. The first-order valence-corrected chi connectivity index (χ1v) is 7.96. The summed E-state index contributed by atoms with van der Waals surface area (Å²) < 4.78 is 0. The van der Waals surface area contributed by atoms with Crippen molar-refractivity contribution in [3.8, 4) is 0 Å². The molecule has 0 aromatic carbocycles. The van der Waals surface area contributed by atoms with Crippen molar-refractivity contribution in [3.05, 3.63) is 17.5 Å². The summed E-state index contributed by atoms with van der Waals surface area (Å²) in [6.45, 7) is 2.05. The highest BCUT2D eigenvalue weighted by Gasteiger charge is 2.48. The smallest absolute Gasteiger partial charge is 0.0792 e. The molecule has 1 unspecified atom stereocenters. The third-order valence-electron chi connectivity index (χ3n) is 6.05. The average Bonchev–Trinajstić information content (AvgIpc) is 2.79. The van der Waals surface area contributed by atoms with Gasteiger partial charge >= 0.3 is 0 Å². The highest BCUT2D eigenvalue weighted by Crippen LogP contribution is 2.58. The molecule has 4 aliphatic rings. The van der Waals surface area contributed by atoms with Gasteiger partial charge in [0.15, 0.2) is 0 Å². The Bertz CT molecular complexity index is 436. The predicted octanol–water partition coefficient (Wildman–Crippen LogP) is 3.18. The average molecular weight is 259 g/mol. The molecule has 4 saturated carbocycles. The van der Waals surface area contributed by atoms with Crippen LogP contribution in [0.25, 0.3) is 0 Å². The van der Waals surface area contributed by atoms with E-state index in [4.69, 9.17) is 5.73 Å². The molecule has 0 aliphatic heterocycles. The maximum absolute atomic E-state index is 6.41. The minimum absolute atomic E-state index is 0.132. The fourth-order valence-corrected chi connectivity index (χ4v) is 5.47. The number of H-pyrrole nitrogens is 1. The monoisotopic (exact) mass is 259 g/mol. The fourth-order valence-electron chi connectivity index (χ4n) is 5.47. The fraction of sp³-hybridized carbons (Fsp3) is 0.812. The van der Waals surface area contributed by atoms with Gasteiger partial charge in [-0.2, -0.15) is 5.10 Å². The summed E-state index contributed by atoms with van der Waals surface area (Å²) in [4.78, 5) is 0. The van der Waals surface area contributed by atoms with Gasteiger partial charge in [0.05, 0.1) is 5.69 Å². The molecule has 1 heterocycles. The standard InChI is InChI=1S/C16H25N3/c1-9-2-16(19-18-9)15(17)8-14-12-4-10-3-11(6-12)7-13(14)5-10/h2,10-15H,3-8,17H2,1H3,(H,18,19). The van der Waals surface area contributed by atoms with E-state index in [1.165, 1.54) is 32.1 Å². The van der Waals surface area contributed by atoms with Crippen LogP contribution >= 0.6 is 0 Å². The number of aryl methyl sites for hydroxylation is 1. The van der Waals surface area contributed by atoms with Gasteiger partial charge in [0, 0.05) is 11.7 Å². The van der Waals surface area contributed by atoms with E-state index in [1.54, 1.807) is 0 Å². The van der Waals surface area contributed by atoms with E-state index < -0.39 is 0 Å². The van der Waals surface area contributed by atoms with Crippen LogP contribution in [0.2, 0.25) is 0 Å². The van der Waals surface area contributed by atoms with Gasteiger partial charge in [0.2, 0.25) is 0 Å². The number of nitrogens with one attached hydrogen (secondary N) is 1. The third kappa shape index (κ3) is 2.03. The Balaban J connectivity index is 1.48. The van der Waals surface area contributed by atoms with Crippen molar-refractivity contribution in [2.75, 3.05) is 0 Å². The van der Waals surface area contributed by atoms with Gasteiger partial charge in [-0.3, -0.25) is 5.10 Å². The predicted molar refractivity (Wildman–Crippen MR) is 75.4 cm³/mol. The van der Waals surface area contributed by atoms with Crippen molar-refractivity contribution < 1.29 is 0 Å². The van der Waals surface area contributed by atoms with Gasteiger partial charge in [-0.15, -0.1) is 0 Å². The Morgan fingerprint density at radius 1 is 1.21 bits per heavy atom. The van der Waals surface area contributed by atoms with Crippen LogP contribution in [0.3, 0.4) is 0 Å². The lowest BCUT2D eigenvalue weighted by molar-refractivity contribution is -0.0422. The summed E-state index contributed by atoms with van der Waals surface area (Å²) in [5.74, 6) is 4.94. The van der Waals surface area contributed by atoms with E-state index in [2.05, 4.69) is 16.3 Å². The van der Waals surface area contributed by atoms with Gasteiger partial charge in [-0.05, 0) is 81.1 Å². The SMILES string of the molecule is Cc1cc(C(N)CC2C3CC4CC(C3)CC2C4)n[nH]1. The van der Waals surface area contributed by atoms with E-state index in [-0.39, 0.29) is 6.04 Å². The number of nitrogens with zero attached hydrogens (tertiary/aromatic N) is 1. The molecule has 19 heavy (non-hydrogen) atoms. The quantitative estimate of drug-likeness (QED) is 0.876. The van der Waals surface area contributed by atoms with Crippen LogP contribution < -0.4 is 5.73 Å². The molecule has 4 bridgehead atoms. The number of aromatic nitrogens is 2. The normalized spacial score (nSPS) is 41.7. The van der Waals surface area contributed by atoms with Crippen LogP contribution in [0.15, 0.2) is 6.07 Å². The van der Waals surface area contributed by atoms with Crippen LogP contribution in [0.1, 0.15) is 56.0 Å². The van der Waals surface area contributed by atoms with E-state index >= 15 is 0 Å². The Labute approximate surface area is 115 Å². The summed E-state index contributed by atoms with van der Waals surface area (Å²) in [5.41, 5.74) is 8.59. The van der Waals surface area contributed by atoms with Crippen LogP contribution in [-0.2, 0) is 0 Å². The van der Waals surface area contributed by atoms with Crippen molar-refractivity contribution >= 4 is 0 Å². The number of rotatable bonds is 3. The molecule has 0 amide bonds. The first-order valence-electron chi connectivity index (χ1n) is 7.96. The molecule has 0 radical (unpaired) electrons. The van der Waals surface area contributed by atoms with Crippen molar-refractivity contribution in [2.45, 2.75) is 51.5 Å². The molecule has 1 aromatic heterocycles. The molecule has 1 aromatic rings. The minimum atomic E-state index is 0.132. The maximum atomic E-state index is 6.41. The first-order chi connectivity index (χ1) is 9.19. The summed E-state index contributed by atoms with van der Waals surface area (Å²) in [6.07, 6.45) is 8.64. The van der Waals surface area contributed by atoms with E-state index in [9.17, 15) is 0 Å². The van der Waals surface area contributed by atoms with Crippen LogP contribution in [0, 0.1) is 36.5 Å². The molecule has 5 rings (SSSR count). The Morgan fingerprint density at radius 3 is 2.37 bits per heavy atom. The Kier molecular flexibility index (Phi) is 2.73. The summed E-state index contributed by atoms with van der Waals surface area (Å²) >= 11 is 0. The molecule has 0 spiro atoms. The molecule has 1 atom stereocenters. The molecule has 3 nitrogen and oxygen atoms in total. The molecular weight excluding hydrogens is 234 g/mol. The van der Waals surface area contributed by atoms with Gasteiger partial charge in [0.1, 0.15) is 0 Å². The number of hydrogen-bond donors (Lipinski definition) is 2. The van der Waals surface area contributed by atoms with E-state index in [0.717, 1.165) is 47.4 Å². The number of hydrogen-bond acceptors (Lipinski definition) is 2. The lowest BCUT2D eigenvalue weighted by Crippen LogP contribution is -2.45. The molecule has 3 heteroatoms. The number of nitrogens with two attached hydrogens (primary N) is 1. The van der Waals surface area contributed by atoms with Crippen LogP contribution in [-0.4, -0.2) is 10.2 Å². The lowest BCUT2D eigenvalue weighted by Gasteiger charge is -2.55. The van der Waals surface area contributed by atoms with Crippen molar-refractivity contribution in [3.63, 3.8) is 0 Å². The van der Waals surface area contributed by atoms with Crippen LogP contribution in [0.4, 0.5) is 0 Å². The van der Waals surface area contributed by atoms with Crippen molar-refractivity contribution in [1.82, 2.24) is 10.2 Å². The Hall–Kier alpha value is -0.830. The topological polar surface area (TPSA) is 54.7 Å². The van der Waals surface area contributed by atoms with Crippen LogP contribution in [0.5, 0.6) is 0 Å². The molecule has 3 N–H and O–H groups in total. The van der Waals surface area contributed by atoms with Gasteiger partial charge < -0.3 is 5.73 Å². The van der Waals surface area contributed by atoms with E-state index in [0.29, 0.717) is 0 Å². The zero-order valence-electron chi connectivity index (χ0n) is 11.8. The zero-order valence-corrected chi connectivity index (χ0v) is 11.8. The summed E-state index contributed by atoms with van der Waals surface area (Å²) in [5, 5.41) is 7.37. The highest BCUT2D eigenvalue weighted by molar-refractivity contribution is 5.11. The van der Waals surface area contributed by atoms with Crippen molar-refractivity contribution in [2.24, 2.45) is 35.3 Å². The lowest BCUT2D eigenvalue weighted by atomic mass is 9.51. The van der Waals surface area contributed by atoms with Crippen molar-refractivity contribution in [1.29, 1.82) is 0 Å². The first kappa shape index (κ1) is 12.0. The molecule has 4 fully saturated rings. The Morgan fingerprint density at radius 2 is 1.84 bits per heavy atom. The zero-order chi connectivity index (χ0) is 13.0. The second kappa shape index (κ2) is 4.34. The maximum Gasteiger partial charge on any atom is 0.0792 e. The second-order valence-electron chi connectivity index (χ2n) is 7.41. The minimum Gasteiger partial charge on any atom is -0.323 e. The van der Waals surface area contributed by atoms with Gasteiger partial charge in [-0.1, -0.05) is 0 Å². The van der Waals surface area contributed by atoms with Gasteiger partial charge in [-0.25, -0.2) is 0 Å². The molecular formula is C16H25N3. The van der Waals surface area contributed by atoms with Gasteiger partial charge in [0.25, 0.3) is 0 Å². The molecule has 104 valence electrons. The third-order valence-corrected chi connectivity index (χ3v) is 6.05.